The quantitative estimate of drug-likeness (QED) is 0.467. The van der Waals surface area contributed by atoms with Crippen LogP contribution in [0.2, 0.25) is 5.02 Å². The molecule has 2 aromatic carbocycles. The fraction of sp³-hybridized carbons (Fsp3) is 0.320. The summed E-state index contributed by atoms with van der Waals surface area (Å²) in [7, 11) is 0. The van der Waals surface area contributed by atoms with Crippen LogP contribution in [0, 0.1) is 5.41 Å². The van der Waals surface area contributed by atoms with Crippen LogP contribution in [-0.4, -0.2) is 46.2 Å². The Kier molecular flexibility index (Phi) is 6.63. The van der Waals surface area contributed by atoms with Crippen molar-refractivity contribution in [2.24, 2.45) is 5.41 Å². The molecule has 4 rings (SSSR count). The highest BCUT2D eigenvalue weighted by Gasteiger charge is 2.44. The monoisotopic (exact) mass is 483 g/mol. The maximum Gasteiger partial charge on any atom is 0.311 e. The van der Waals surface area contributed by atoms with E-state index in [1.165, 1.54) is 0 Å². The van der Waals surface area contributed by atoms with E-state index in [0.717, 1.165) is 5.56 Å². The van der Waals surface area contributed by atoms with Crippen LogP contribution in [-0.2, 0) is 11.3 Å². The second-order valence-electron chi connectivity index (χ2n) is 9.05. The number of carboxylic acids is 1. The van der Waals surface area contributed by atoms with Crippen LogP contribution in [0.4, 0.5) is 5.69 Å². The summed E-state index contributed by atoms with van der Waals surface area (Å²) < 4.78 is 11.0. The van der Waals surface area contributed by atoms with E-state index in [4.69, 9.17) is 20.9 Å². The Balaban J connectivity index is 1.35. The molecule has 1 aliphatic heterocycles. The highest BCUT2D eigenvalue weighted by molar-refractivity contribution is 6.32. The Morgan fingerprint density at radius 1 is 1.21 bits per heavy atom. The number of anilines is 1. The van der Waals surface area contributed by atoms with Crippen molar-refractivity contribution >= 4 is 29.2 Å². The summed E-state index contributed by atoms with van der Waals surface area (Å²) >= 11 is 6.29. The standard InChI is InChI=1S/C25H26ClN3O5/c1-15(2)33-21-9-6-17(10-19(21)26)22-11-20(28-34-22)23(30)27-18-7-4-16(5-8-18)12-29-13-25(3,14-29)24(31)32/h4-11,15H,12-14H2,1-3H3,(H,27,30)(H,31,32). The minimum absolute atomic E-state index is 0.00134. The first-order valence-corrected chi connectivity index (χ1v) is 11.3. The smallest absolute Gasteiger partial charge is 0.311 e. The Labute approximate surface area is 202 Å². The third-order valence-electron chi connectivity index (χ3n) is 5.60. The molecular formula is C25H26ClN3O5. The molecule has 0 spiro atoms. The summed E-state index contributed by atoms with van der Waals surface area (Å²) in [4.78, 5) is 25.9. The number of rotatable bonds is 8. The van der Waals surface area contributed by atoms with E-state index in [1.54, 1.807) is 43.3 Å². The number of nitrogens with one attached hydrogen (secondary N) is 1. The van der Waals surface area contributed by atoms with Gasteiger partial charge in [-0.25, -0.2) is 0 Å². The SMILES string of the molecule is CC(C)Oc1ccc(-c2cc(C(=O)Nc3ccc(CN4CC(C)(C(=O)O)C4)cc3)no2)cc1Cl. The second kappa shape index (κ2) is 9.48. The highest BCUT2D eigenvalue weighted by atomic mass is 35.5. The fourth-order valence-corrected chi connectivity index (χ4v) is 4.08. The van der Waals surface area contributed by atoms with Gasteiger partial charge in [0.05, 0.1) is 16.5 Å². The maximum absolute atomic E-state index is 12.6. The average molecular weight is 484 g/mol. The number of carbonyl (C=O) groups is 2. The lowest BCUT2D eigenvalue weighted by Crippen LogP contribution is -2.58. The molecule has 0 radical (unpaired) electrons. The van der Waals surface area contributed by atoms with Crippen molar-refractivity contribution in [1.29, 1.82) is 0 Å². The van der Waals surface area contributed by atoms with Crippen LogP contribution < -0.4 is 10.1 Å². The number of carboxylic acid groups (broad SMARTS) is 1. The third-order valence-corrected chi connectivity index (χ3v) is 5.90. The van der Waals surface area contributed by atoms with E-state index in [0.29, 0.717) is 47.4 Å². The summed E-state index contributed by atoms with van der Waals surface area (Å²) in [5.41, 5.74) is 1.82. The molecule has 2 N–H and O–H groups in total. The van der Waals surface area contributed by atoms with Gasteiger partial charge in [-0.3, -0.25) is 14.5 Å². The molecule has 1 fully saturated rings. The van der Waals surface area contributed by atoms with Crippen LogP contribution in [0.3, 0.4) is 0 Å². The number of carbonyl (C=O) groups excluding carboxylic acids is 1. The van der Waals surface area contributed by atoms with E-state index in [1.807, 2.05) is 26.0 Å². The molecular weight excluding hydrogens is 458 g/mol. The number of amides is 1. The highest BCUT2D eigenvalue weighted by Crippen LogP contribution is 2.32. The number of hydrogen-bond acceptors (Lipinski definition) is 6. The zero-order chi connectivity index (χ0) is 24.5. The van der Waals surface area contributed by atoms with Crippen LogP contribution >= 0.6 is 11.6 Å². The zero-order valence-electron chi connectivity index (χ0n) is 19.2. The van der Waals surface area contributed by atoms with E-state index >= 15 is 0 Å². The Morgan fingerprint density at radius 3 is 2.53 bits per heavy atom. The first-order chi connectivity index (χ1) is 16.1. The first-order valence-electron chi connectivity index (χ1n) is 10.9. The molecule has 9 heteroatoms. The van der Waals surface area contributed by atoms with E-state index in [9.17, 15) is 14.7 Å². The number of likely N-dealkylation sites (tertiary alicyclic amines) is 1. The Morgan fingerprint density at radius 2 is 1.91 bits per heavy atom. The van der Waals surface area contributed by atoms with Gasteiger partial charge < -0.3 is 19.7 Å². The van der Waals surface area contributed by atoms with Crippen molar-refractivity contribution < 1.29 is 24.0 Å². The maximum atomic E-state index is 12.6. The molecule has 0 unspecified atom stereocenters. The summed E-state index contributed by atoms with van der Waals surface area (Å²) in [6.45, 7) is 7.30. The zero-order valence-corrected chi connectivity index (χ0v) is 19.9. The molecule has 34 heavy (non-hydrogen) atoms. The lowest BCUT2D eigenvalue weighted by atomic mass is 9.82. The number of ether oxygens (including phenoxy) is 1. The van der Waals surface area contributed by atoms with Crippen molar-refractivity contribution in [1.82, 2.24) is 10.1 Å². The van der Waals surface area contributed by atoms with Crippen molar-refractivity contribution in [3.63, 3.8) is 0 Å². The van der Waals surface area contributed by atoms with Crippen LogP contribution in [0.15, 0.2) is 53.1 Å². The Bertz CT molecular complexity index is 1200. The topological polar surface area (TPSA) is 105 Å². The molecule has 0 bridgehead atoms. The molecule has 2 heterocycles. The van der Waals surface area contributed by atoms with Gasteiger partial charge in [-0.1, -0.05) is 28.9 Å². The molecule has 1 aliphatic rings. The van der Waals surface area contributed by atoms with E-state index in [-0.39, 0.29) is 11.8 Å². The number of halogens is 1. The summed E-state index contributed by atoms with van der Waals surface area (Å²) in [5.74, 6) is -0.167. The van der Waals surface area contributed by atoms with Gasteiger partial charge >= 0.3 is 5.97 Å². The second-order valence-corrected chi connectivity index (χ2v) is 9.46. The van der Waals surface area contributed by atoms with E-state index in [2.05, 4.69) is 15.4 Å². The van der Waals surface area contributed by atoms with Gasteiger partial charge in [0.2, 0.25) is 0 Å². The minimum Gasteiger partial charge on any atom is -0.489 e. The van der Waals surface area contributed by atoms with Crippen molar-refractivity contribution in [2.75, 3.05) is 18.4 Å². The van der Waals surface area contributed by atoms with Crippen molar-refractivity contribution in [2.45, 2.75) is 33.4 Å². The van der Waals surface area contributed by atoms with Crippen LogP contribution in [0.5, 0.6) is 5.75 Å². The van der Waals surface area contributed by atoms with Crippen molar-refractivity contribution in [3.8, 4) is 17.1 Å². The van der Waals surface area contributed by atoms with Gasteiger partial charge in [-0.15, -0.1) is 0 Å². The molecule has 1 aromatic heterocycles. The normalized spacial score (nSPS) is 15.1. The molecule has 178 valence electrons. The first kappa shape index (κ1) is 23.8. The minimum atomic E-state index is -0.766. The number of nitrogens with zero attached hydrogens (tertiary/aromatic N) is 2. The van der Waals surface area contributed by atoms with Gasteiger partial charge in [-0.05, 0) is 56.7 Å². The number of aliphatic carboxylic acids is 1. The number of benzene rings is 2. The summed E-state index contributed by atoms with van der Waals surface area (Å²) in [6, 6.07) is 14.2. The van der Waals surface area contributed by atoms with Crippen LogP contribution in [0.25, 0.3) is 11.3 Å². The molecule has 0 atom stereocenters. The van der Waals surface area contributed by atoms with Gasteiger partial charge in [0.25, 0.3) is 5.91 Å². The van der Waals surface area contributed by atoms with Crippen LogP contribution in [0.1, 0.15) is 36.8 Å². The van der Waals surface area contributed by atoms with Crippen molar-refractivity contribution in [3.05, 3.63) is 64.8 Å². The van der Waals surface area contributed by atoms with E-state index < -0.39 is 17.3 Å². The van der Waals surface area contributed by atoms with Gasteiger partial charge in [0.1, 0.15) is 5.75 Å². The average Bonchev–Trinajstić information content (AvgIpc) is 3.25. The molecule has 8 nitrogen and oxygen atoms in total. The largest absolute Gasteiger partial charge is 0.489 e. The summed E-state index contributed by atoms with van der Waals surface area (Å²) in [5, 5.41) is 16.3. The van der Waals surface area contributed by atoms with Gasteiger partial charge in [0, 0.05) is 37.0 Å². The predicted octanol–water partition coefficient (Wildman–Crippen LogP) is 4.94. The Hall–Kier alpha value is -3.36. The molecule has 3 aromatic rings. The summed E-state index contributed by atoms with van der Waals surface area (Å²) in [6.07, 6.45) is 0.00134. The number of hydrogen-bond donors (Lipinski definition) is 2. The third kappa shape index (κ3) is 5.24. The fourth-order valence-electron chi connectivity index (χ4n) is 3.86. The lowest BCUT2D eigenvalue weighted by molar-refractivity contribution is -0.158. The molecule has 1 saturated heterocycles. The van der Waals surface area contributed by atoms with Gasteiger partial charge in [-0.2, -0.15) is 0 Å². The number of aromatic nitrogens is 1. The molecule has 0 saturated carbocycles. The predicted molar refractivity (Wildman–Crippen MR) is 128 cm³/mol. The molecule has 1 amide bonds. The van der Waals surface area contributed by atoms with Gasteiger partial charge in [0.15, 0.2) is 11.5 Å². The lowest BCUT2D eigenvalue weighted by Gasteiger charge is -2.45. The molecule has 0 aliphatic carbocycles.